The van der Waals surface area contributed by atoms with Crippen LogP contribution in [0.4, 0.5) is 0 Å². The zero-order chi connectivity index (χ0) is 16.8. The minimum Gasteiger partial charge on any atom is -0.460 e. The highest BCUT2D eigenvalue weighted by molar-refractivity contribution is 6.36. The fourth-order valence-corrected chi connectivity index (χ4v) is 2.31. The summed E-state index contributed by atoms with van der Waals surface area (Å²) in [6.45, 7) is 1.91. The number of carbonyl (C=O) groups is 2. The summed E-state index contributed by atoms with van der Waals surface area (Å²) >= 11 is 11.7. The molecular formula is C17H15Cl2NO3. The molecule has 120 valence electrons. The molecule has 0 aromatic heterocycles. The summed E-state index contributed by atoms with van der Waals surface area (Å²) in [4.78, 5) is 23.6. The largest absolute Gasteiger partial charge is 0.460 e. The zero-order valence-electron chi connectivity index (χ0n) is 12.4. The summed E-state index contributed by atoms with van der Waals surface area (Å²) in [6.07, 6.45) is 0. The van der Waals surface area contributed by atoms with Gasteiger partial charge in [-0.05, 0) is 30.7 Å². The van der Waals surface area contributed by atoms with Crippen molar-refractivity contribution >= 4 is 35.1 Å². The second-order valence-electron chi connectivity index (χ2n) is 4.95. The van der Waals surface area contributed by atoms with Gasteiger partial charge in [0, 0.05) is 5.02 Å². The Kier molecular flexibility index (Phi) is 6.02. The second-order valence-corrected chi connectivity index (χ2v) is 5.80. The van der Waals surface area contributed by atoms with Gasteiger partial charge in [-0.1, -0.05) is 53.0 Å². The molecule has 0 aliphatic rings. The quantitative estimate of drug-likeness (QED) is 0.834. The number of carbonyl (C=O) groups excluding carboxylic acids is 2. The van der Waals surface area contributed by atoms with Crippen LogP contribution in [0, 0.1) is 6.92 Å². The predicted molar refractivity (Wildman–Crippen MR) is 89.8 cm³/mol. The number of hydrogen-bond acceptors (Lipinski definition) is 3. The summed E-state index contributed by atoms with van der Waals surface area (Å²) in [5.41, 5.74) is 2.27. The molecule has 2 aromatic rings. The molecule has 2 rings (SSSR count). The van der Waals surface area contributed by atoms with Gasteiger partial charge in [-0.2, -0.15) is 0 Å². The van der Waals surface area contributed by atoms with E-state index in [0.29, 0.717) is 5.02 Å². The number of benzene rings is 2. The first-order valence-electron chi connectivity index (χ1n) is 6.90. The Hall–Kier alpha value is -2.04. The van der Waals surface area contributed by atoms with Crippen LogP contribution >= 0.6 is 23.2 Å². The van der Waals surface area contributed by atoms with Crippen LogP contribution in [-0.2, 0) is 16.1 Å². The molecule has 0 aliphatic heterocycles. The number of ether oxygens (including phenoxy) is 1. The van der Waals surface area contributed by atoms with Gasteiger partial charge in [-0.3, -0.25) is 9.59 Å². The van der Waals surface area contributed by atoms with Crippen LogP contribution < -0.4 is 5.32 Å². The topological polar surface area (TPSA) is 55.4 Å². The smallest absolute Gasteiger partial charge is 0.325 e. The van der Waals surface area contributed by atoms with Gasteiger partial charge in [0.2, 0.25) is 0 Å². The number of aryl methyl sites for hydroxylation is 1. The van der Waals surface area contributed by atoms with Crippen LogP contribution in [0.3, 0.4) is 0 Å². The van der Waals surface area contributed by atoms with Gasteiger partial charge in [0.1, 0.15) is 13.2 Å². The Bertz CT molecular complexity index is 714. The maximum Gasteiger partial charge on any atom is 0.325 e. The van der Waals surface area contributed by atoms with E-state index in [0.717, 1.165) is 11.1 Å². The third kappa shape index (κ3) is 5.27. The average Bonchev–Trinajstić information content (AvgIpc) is 2.52. The van der Waals surface area contributed by atoms with Crippen molar-refractivity contribution in [3.63, 3.8) is 0 Å². The highest BCUT2D eigenvalue weighted by Gasteiger charge is 2.12. The summed E-state index contributed by atoms with van der Waals surface area (Å²) < 4.78 is 5.10. The fourth-order valence-electron chi connectivity index (χ4n) is 1.82. The van der Waals surface area contributed by atoms with Crippen LogP contribution in [0.2, 0.25) is 10.0 Å². The molecule has 6 heteroatoms. The van der Waals surface area contributed by atoms with E-state index in [1.165, 1.54) is 12.1 Å². The van der Waals surface area contributed by atoms with Crippen LogP contribution in [0.15, 0.2) is 42.5 Å². The molecule has 0 aliphatic carbocycles. The number of esters is 1. The second kappa shape index (κ2) is 7.99. The zero-order valence-corrected chi connectivity index (χ0v) is 13.9. The van der Waals surface area contributed by atoms with Gasteiger partial charge < -0.3 is 10.1 Å². The minimum atomic E-state index is -0.524. The normalized spacial score (nSPS) is 10.2. The minimum absolute atomic E-state index is 0.163. The number of amides is 1. The standard InChI is InChI=1S/C17H15Cl2NO3/c1-11-2-4-12(5-3-11)10-23-16(21)9-20-17(22)14-7-6-13(18)8-15(14)19/h2-8H,9-10H2,1H3,(H,20,22). The third-order valence-electron chi connectivity index (χ3n) is 3.09. The highest BCUT2D eigenvalue weighted by atomic mass is 35.5. The van der Waals surface area contributed by atoms with Crippen molar-refractivity contribution in [3.05, 3.63) is 69.2 Å². The number of halogens is 2. The van der Waals surface area contributed by atoms with E-state index >= 15 is 0 Å². The van der Waals surface area contributed by atoms with Crippen molar-refractivity contribution in [2.75, 3.05) is 6.54 Å². The van der Waals surface area contributed by atoms with Gasteiger partial charge in [0.25, 0.3) is 5.91 Å². The average molecular weight is 352 g/mol. The maximum atomic E-state index is 11.9. The van der Waals surface area contributed by atoms with Crippen molar-refractivity contribution in [2.24, 2.45) is 0 Å². The van der Waals surface area contributed by atoms with Gasteiger partial charge in [0.15, 0.2) is 0 Å². The fraction of sp³-hybridized carbons (Fsp3) is 0.176. The van der Waals surface area contributed by atoms with Crippen LogP contribution in [0.1, 0.15) is 21.5 Å². The molecule has 2 aromatic carbocycles. The molecule has 0 unspecified atom stereocenters. The third-order valence-corrected chi connectivity index (χ3v) is 3.64. The number of nitrogens with one attached hydrogen (secondary N) is 1. The van der Waals surface area contributed by atoms with Gasteiger partial charge in [0.05, 0.1) is 10.6 Å². The molecule has 23 heavy (non-hydrogen) atoms. The van der Waals surface area contributed by atoms with E-state index in [1.807, 2.05) is 31.2 Å². The number of rotatable bonds is 5. The lowest BCUT2D eigenvalue weighted by Crippen LogP contribution is -2.30. The monoisotopic (exact) mass is 351 g/mol. The molecular weight excluding hydrogens is 337 g/mol. The Morgan fingerprint density at radius 2 is 1.78 bits per heavy atom. The molecule has 0 saturated heterocycles. The Morgan fingerprint density at radius 3 is 2.43 bits per heavy atom. The van der Waals surface area contributed by atoms with E-state index in [9.17, 15) is 9.59 Å². The lowest BCUT2D eigenvalue weighted by molar-refractivity contribution is -0.143. The summed E-state index contributed by atoms with van der Waals surface area (Å²) in [5.74, 6) is -0.983. The van der Waals surface area contributed by atoms with Crippen molar-refractivity contribution < 1.29 is 14.3 Å². The SMILES string of the molecule is Cc1ccc(COC(=O)CNC(=O)c2ccc(Cl)cc2Cl)cc1. The molecule has 0 spiro atoms. The molecule has 0 bridgehead atoms. The molecule has 0 radical (unpaired) electrons. The van der Waals surface area contributed by atoms with E-state index < -0.39 is 11.9 Å². The Balaban J connectivity index is 1.81. The summed E-state index contributed by atoms with van der Waals surface area (Å²) in [5, 5.41) is 3.12. The molecule has 1 amide bonds. The van der Waals surface area contributed by atoms with Crippen molar-refractivity contribution in [2.45, 2.75) is 13.5 Å². The van der Waals surface area contributed by atoms with E-state index in [4.69, 9.17) is 27.9 Å². The van der Waals surface area contributed by atoms with E-state index in [1.54, 1.807) is 6.07 Å². The number of hydrogen-bond donors (Lipinski definition) is 1. The molecule has 1 N–H and O–H groups in total. The first-order chi connectivity index (χ1) is 11.0. The van der Waals surface area contributed by atoms with Gasteiger partial charge in [-0.25, -0.2) is 0 Å². The molecule has 0 fully saturated rings. The van der Waals surface area contributed by atoms with Crippen molar-refractivity contribution in [1.82, 2.24) is 5.32 Å². The molecule has 0 heterocycles. The van der Waals surface area contributed by atoms with E-state index in [2.05, 4.69) is 5.32 Å². The lowest BCUT2D eigenvalue weighted by Gasteiger charge is -2.08. The van der Waals surface area contributed by atoms with Gasteiger partial charge >= 0.3 is 5.97 Å². The molecule has 0 saturated carbocycles. The molecule has 0 atom stereocenters. The summed E-state index contributed by atoms with van der Waals surface area (Å²) in [6, 6.07) is 12.2. The van der Waals surface area contributed by atoms with E-state index in [-0.39, 0.29) is 23.7 Å². The lowest BCUT2D eigenvalue weighted by atomic mass is 10.2. The predicted octanol–water partition coefficient (Wildman–Crippen LogP) is 3.78. The Labute approximate surface area is 144 Å². The first kappa shape index (κ1) is 17.3. The highest BCUT2D eigenvalue weighted by Crippen LogP contribution is 2.20. The van der Waals surface area contributed by atoms with Crippen LogP contribution in [-0.4, -0.2) is 18.4 Å². The first-order valence-corrected chi connectivity index (χ1v) is 7.66. The van der Waals surface area contributed by atoms with Crippen LogP contribution in [0.25, 0.3) is 0 Å². The Morgan fingerprint density at radius 1 is 1.09 bits per heavy atom. The van der Waals surface area contributed by atoms with Crippen LogP contribution in [0.5, 0.6) is 0 Å². The maximum absolute atomic E-state index is 11.9. The van der Waals surface area contributed by atoms with Crippen molar-refractivity contribution in [1.29, 1.82) is 0 Å². The molecule has 4 nitrogen and oxygen atoms in total. The summed E-state index contributed by atoms with van der Waals surface area (Å²) in [7, 11) is 0. The van der Waals surface area contributed by atoms with Gasteiger partial charge in [-0.15, -0.1) is 0 Å². The van der Waals surface area contributed by atoms with Crippen molar-refractivity contribution in [3.8, 4) is 0 Å².